The summed E-state index contributed by atoms with van der Waals surface area (Å²) in [5.74, 6) is 0. The number of nitriles is 1. The Bertz CT molecular complexity index is 313. The third kappa shape index (κ3) is 1.51. The zero-order valence-electron chi connectivity index (χ0n) is 7.38. The summed E-state index contributed by atoms with van der Waals surface area (Å²) in [6, 6.07) is 2.05. The predicted molar refractivity (Wildman–Crippen MR) is 52.1 cm³/mol. The van der Waals surface area contributed by atoms with Crippen LogP contribution in [0.1, 0.15) is 32.1 Å². The van der Waals surface area contributed by atoms with Crippen LogP contribution >= 0.6 is 11.8 Å². The lowest BCUT2D eigenvalue weighted by molar-refractivity contribution is -0.107. The van der Waals surface area contributed by atoms with Gasteiger partial charge in [-0.1, -0.05) is 24.6 Å². The van der Waals surface area contributed by atoms with Crippen molar-refractivity contribution in [3.63, 3.8) is 0 Å². The molecule has 2 aliphatic rings. The van der Waals surface area contributed by atoms with E-state index in [9.17, 15) is 4.79 Å². The maximum atomic E-state index is 11.4. The maximum absolute atomic E-state index is 11.4. The van der Waals surface area contributed by atoms with Crippen LogP contribution in [0.2, 0.25) is 0 Å². The van der Waals surface area contributed by atoms with Crippen LogP contribution in [0.5, 0.6) is 0 Å². The van der Waals surface area contributed by atoms with E-state index in [1.807, 2.05) is 6.07 Å². The number of rotatable bonds is 0. The topological polar surface area (TPSA) is 40.9 Å². The van der Waals surface area contributed by atoms with E-state index in [1.54, 1.807) is 0 Å². The van der Waals surface area contributed by atoms with Crippen molar-refractivity contribution in [3.8, 4) is 6.07 Å². The summed E-state index contributed by atoms with van der Waals surface area (Å²) in [5.41, 5.74) is 1.59. The minimum atomic E-state index is 0.00407. The summed E-state index contributed by atoms with van der Waals surface area (Å²) in [7, 11) is 0. The molecule has 0 saturated heterocycles. The zero-order chi connectivity index (χ0) is 9.26. The summed E-state index contributed by atoms with van der Waals surface area (Å²) in [6.07, 6.45) is 5.63. The SMILES string of the molecule is N#CC1=C2CCCCCC2SC1=O. The third-order valence-corrected chi connectivity index (χ3v) is 3.91. The van der Waals surface area contributed by atoms with Gasteiger partial charge in [-0.05, 0) is 24.8 Å². The number of nitrogens with zero attached hydrogens (tertiary/aromatic N) is 1. The smallest absolute Gasteiger partial charge is 0.230 e. The quantitative estimate of drug-likeness (QED) is 0.593. The van der Waals surface area contributed by atoms with Crippen LogP contribution in [0.25, 0.3) is 0 Å². The van der Waals surface area contributed by atoms with Gasteiger partial charge in [-0.3, -0.25) is 4.79 Å². The summed E-state index contributed by atoms with van der Waals surface area (Å²) >= 11 is 1.36. The molecule has 2 nitrogen and oxygen atoms in total. The second-order valence-electron chi connectivity index (χ2n) is 3.51. The van der Waals surface area contributed by atoms with Crippen molar-refractivity contribution in [2.24, 2.45) is 0 Å². The first-order chi connectivity index (χ1) is 6.33. The number of hydrogen-bond acceptors (Lipinski definition) is 3. The van der Waals surface area contributed by atoms with Gasteiger partial charge in [-0.15, -0.1) is 0 Å². The second-order valence-corrected chi connectivity index (χ2v) is 4.68. The lowest BCUT2D eigenvalue weighted by atomic mass is 10.0. The van der Waals surface area contributed by atoms with Gasteiger partial charge in [0.25, 0.3) is 0 Å². The molecular weight excluding hydrogens is 182 g/mol. The predicted octanol–water partition coefficient (Wildman–Crippen LogP) is 2.41. The van der Waals surface area contributed by atoms with Gasteiger partial charge < -0.3 is 0 Å². The molecule has 0 radical (unpaired) electrons. The van der Waals surface area contributed by atoms with E-state index in [4.69, 9.17) is 5.26 Å². The molecule has 1 aliphatic carbocycles. The first-order valence-corrected chi connectivity index (χ1v) is 5.55. The van der Waals surface area contributed by atoms with Crippen LogP contribution in [-0.2, 0) is 4.79 Å². The summed E-state index contributed by atoms with van der Waals surface area (Å²) in [6.45, 7) is 0. The molecule has 1 saturated carbocycles. The zero-order valence-corrected chi connectivity index (χ0v) is 8.19. The largest absolute Gasteiger partial charge is 0.281 e. The normalized spacial score (nSPS) is 28.2. The van der Waals surface area contributed by atoms with Crippen LogP contribution in [0.3, 0.4) is 0 Å². The Balaban J connectivity index is 2.33. The highest BCUT2D eigenvalue weighted by atomic mass is 32.2. The van der Waals surface area contributed by atoms with Crippen molar-refractivity contribution in [2.45, 2.75) is 37.4 Å². The minimum Gasteiger partial charge on any atom is -0.281 e. The highest BCUT2D eigenvalue weighted by molar-refractivity contribution is 8.15. The van der Waals surface area contributed by atoms with Crippen molar-refractivity contribution in [1.82, 2.24) is 0 Å². The second kappa shape index (κ2) is 3.55. The number of carbonyl (C=O) groups is 1. The van der Waals surface area contributed by atoms with Crippen molar-refractivity contribution < 1.29 is 4.79 Å². The first kappa shape index (κ1) is 8.83. The summed E-state index contributed by atoms with van der Waals surface area (Å²) in [5, 5.41) is 9.17. The Labute approximate surface area is 82.0 Å². The highest BCUT2D eigenvalue weighted by Gasteiger charge is 2.33. The fraction of sp³-hybridized carbons (Fsp3) is 0.600. The van der Waals surface area contributed by atoms with Crippen LogP contribution in [0.4, 0.5) is 0 Å². The lowest BCUT2D eigenvalue weighted by Crippen LogP contribution is -1.99. The minimum absolute atomic E-state index is 0.00407. The van der Waals surface area contributed by atoms with Crippen molar-refractivity contribution in [1.29, 1.82) is 5.26 Å². The van der Waals surface area contributed by atoms with Gasteiger partial charge in [-0.25, -0.2) is 0 Å². The van der Waals surface area contributed by atoms with Crippen molar-refractivity contribution >= 4 is 16.9 Å². The first-order valence-electron chi connectivity index (χ1n) is 4.67. The van der Waals surface area contributed by atoms with Crippen LogP contribution in [0.15, 0.2) is 11.1 Å². The Kier molecular flexibility index (Phi) is 2.41. The highest BCUT2D eigenvalue weighted by Crippen LogP contribution is 2.41. The maximum Gasteiger partial charge on any atom is 0.230 e. The van der Waals surface area contributed by atoms with Gasteiger partial charge in [-0.2, -0.15) is 5.26 Å². The monoisotopic (exact) mass is 193 g/mol. The van der Waals surface area contributed by atoms with E-state index >= 15 is 0 Å². The molecular formula is C10H11NOS. The number of fused-ring (bicyclic) bond motifs is 1. The van der Waals surface area contributed by atoms with Crippen LogP contribution in [-0.4, -0.2) is 10.4 Å². The van der Waals surface area contributed by atoms with Gasteiger partial charge in [0.1, 0.15) is 11.6 Å². The molecule has 0 amide bonds. The molecule has 0 aromatic carbocycles. The van der Waals surface area contributed by atoms with E-state index in [2.05, 4.69) is 0 Å². The van der Waals surface area contributed by atoms with Crippen LogP contribution in [0, 0.1) is 11.3 Å². The molecule has 0 N–H and O–H groups in total. The Hall–Kier alpha value is -0.750. The molecule has 1 fully saturated rings. The molecule has 1 aliphatic heterocycles. The molecule has 13 heavy (non-hydrogen) atoms. The summed E-state index contributed by atoms with van der Waals surface area (Å²) in [4.78, 5) is 11.4. The van der Waals surface area contributed by atoms with E-state index in [0.29, 0.717) is 10.8 Å². The van der Waals surface area contributed by atoms with E-state index in [-0.39, 0.29) is 5.12 Å². The fourth-order valence-corrected chi connectivity index (χ4v) is 3.23. The van der Waals surface area contributed by atoms with Gasteiger partial charge in [0.15, 0.2) is 0 Å². The molecule has 68 valence electrons. The van der Waals surface area contributed by atoms with Crippen LogP contribution < -0.4 is 0 Å². The molecule has 0 aromatic heterocycles. The number of carbonyl (C=O) groups excluding carboxylic acids is 1. The Morgan fingerprint density at radius 2 is 2.23 bits per heavy atom. The molecule has 1 heterocycles. The van der Waals surface area contributed by atoms with Gasteiger partial charge in [0.2, 0.25) is 5.12 Å². The number of hydrogen-bond donors (Lipinski definition) is 0. The molecule has 0 aromatic rings. The van der Waals surface area contributed by atoms with Gasteiger partial charge in [0, 0.05) is 5.25 Å². The van der Waals surface area contributed by atoms with Gasteiger partial charge in [0.05, 0.1) is 0 Å². The Morgan fingerprint density at radius 3 is 3.00 bits per heavy atom. The molecule has 0 bridgehead atoms. The van der Waals surface area contributed by atoms with Crippen molar-refractivity contribution in [3.05, 3.63) is 11.1 Å². The van der Waals surface area contributed by atoms with E-state index in [1.165, 1.54) is 24.6 Å². The molecule has 2 rings (SSSR count). The fourth-order valence-electron chi connectivity index (χ4n) is 2.01. The van der Waals surface area contributed by atoms with Crippen molar-refractivity contribution in [2.75, 3.05) is 0 Å². The van der Waals surface area contributed by atoms with E-state index in [0.717, 1.165) is 24.8 Å². The molecule has 1 atom stereocenters. The molecule has 3 heteroatoms. The third-order valence-electron chi connectivity index (χ3n) is 2.69. The van der Waals surface area contributed by atoms with E-state index < -0.39 is 0 Å². The molecule has 0 spiro atoms. The lowest BCUT2D eigenvalue weighted by Gasteiger charge is -2.06. The average Bonchev–Trinajstić information content (AvgIpc) is 2.32. The summed E-state index contributed by atoms with van der Waals surface area (Å²) < 4.78 is 0. The van der Waals surface area contributed by atoms with Gasteiger partial charge >= 0.3 is 0 Å². The Morgan fingerprint density at radius 1 is 1.38 bits per heavy atom. The molecule has 1 unspecified atom stereocenters. The number of thioether (sulfide) groups is 1. The standard InChI is InChI=1S/C10H11NOS/c11-6-8-7-4-2-1-3-5-9(7)13-10(8)12/h9H,1-5H2. The average molecular weight is 193 g/mol.